The molecule has 184 valence electrons. The van der Waals surface area contributed by atoms with Gasteiger partial charge < -0.3 is 15.4 Å². The molecule has 0 aliphatic rings. The Labute approximate surface area is 218 Å². The van der Waals surface area contributed by atoms with Gasteiger partial charge >= 0.3 is 0 Å². The summed E-state index contributed by atoms with van der Waals surface area (Å²) in [5, 5.41) is 7.44. The van der Waals surface area contributed by atoms with Gasteiger partial charge in [-0.2, -0.15) is 0 Å². The summed E-state index contributed by atoms with van der Waals surface area (Å²) in [6.45, 7) is 0. The van der Waals surface area contributed by atoms with Crippen LogP contribution in [0.1, 0.15) is 31.2 Å². The Morgan fingerprint density at radius 2 is 1.54 bits per heavy atom. The Morgan fingerprint density at radius 3 is 2.24 bits per heavy atom. The zero-order chi connectivity index (χ0) is 26.0. The van der Waals surface area contributed by atoms with E-state index >= 15 is 0 Å². The van der Waals surface area contributed by atoms with E-state index in [9.17, 15) is 14.4 Å². The fourth-order valence-corrected chi connectivity index (χ4v) is 4.06. The molecule has 0 fully saturated rings. The number of ether oxygens (including phenoxy) is 1. The van der Waals surface area contributed by atoms with Crippen molar-refractivity contribution >= 4 is 46.8 Å². The Kier molecular flexibility index (Phi) is 8.41. The monoisotopic (exact) mass is 508 g/mol. The van der Waals surface area contributed by atoms with Crippen LogP contribution < -0.4 is 15.4 Å². The molecule has 4 aromatic rings. The van der Waals surface area contributed by atoms with Crippen LogP contribution in [-0.2, 0) is 4.79 Å². The summed E-state index contributed by atoms with van der Waals surface area (Å²) >= 11 is 1.55. The van der Waals surface area contributed by atoms with Gasteiger partial charge in [-0.3, -0.25) is 14.4 Å². The first-order chi connectivity index (χ1) is 18.0. The normalized spacial score (nSPS) is 11.2. The highest BCUT2D eigenvalue weighted by atomic mass is 32.1. The molecule has 1 heterocycles. The molecule has 0 unspecified atom stereocenters. The van der Waals surface area contributed by atoms with Crippen molar-refractivity contribution in [2.45, 2.75) is 0 Å². The van der Waals surface area contributed by atoms with Crippen molar-refractivity contribution in [3.63, 3.8) is 0 Å². The Bertz CT molecular complexity index is 1440. The molecule has 1 aromatic heterocycles. The summed E-state index contributed by atoms with van der Waals surface area (Å²) < 4.78 is 5.39. The van der Waals surface area contributed by atoms with Gasteiger partial charge in [-0.05, 0) is 72.1 Å². The van der Waals surface area contributed by atoms with Crippen LogP contribution in [0, 0.1) is 0 Å². The first kappa shape index (κ1) is 25.3. The van der Waals surface area contributed by atoms with Crippen molar-refractivity contribution in [3.05, 3.63) is 130 Å². The maximum atomic E-state index is 13.2. The quantitative estimate of drug-likeness (QED) is 0.213. The molecule has 0 saturated carbocycles. The Balaban J connectivity index is 1.53. The van der Waals surface area contributed by atoms with Crippen molar-refractivity contribution in [2.75, 3.05) is 12.4 Å². The molecule has 0 atom stereocenters. The van der Waals surface area contributed by atoms with E-state index in [4.69, 9.17) is 4.74 Å². The minimum Gasteiger partial charge on any atom is -0.496 e. The summed E-state index contributed by atoms with van der Waals surface area (Å²) in [6, 6.07) is 26.2. The Hall–Kier alpha value is -4.75. The predicted octanol–water partition coefficient (Wildman–Crippen LogP) is 6.06. The number of hydrogen-bond donors (Lipinski definition) is 2. The number of para-hydroxylation sites is 1. The van der Waals surface area contributed by atoms with E-state index in [1.807, 2.05) is 35.7 Å². The summed E-state index contributed by atoms with van der Waals surface area (Å²) in [4.78, 5) is 39.5. The van der Waals surface area contributed by atoms with Crippen LogP contribution in [0.25, 0.3) is 12.2 Å². The third kappa shape index (κ3) is 6.90. The van der Waals surface area contributed by atoms with Crippen LogP contribution in [-0.4, -0.2) is 24.7 Å². The van der Waals surface area contributed by atoms with Gasteiger partial charge in [-0.15, -0.1) is 11.3 Å². The highest BCUT2D eigenvalue weighted by Gasteiger charge is 2.16. The standard InChI is InChI=1S/C30H24N2O4S/c1-36-28-12-6-5-10-23(28)20-26(32-29(34)22-8-3-2-4-9-22)30(35)31-24-15-13-21(14-16-24)27(33)18-17-25-11-7-19-37-25/h2-20H,1H3,(H,31,35)(H,32,34)/b18-17+,26-20-. The van der Waals surface area contributed by atoms with E-state index in [1.54, 1.807) is 84.2 Å². The van der Waals surface area contributed by atoms with Gasteiger partial charge in [0.15, 0.2) is 5.78 Å². The largest absolute Gasteiger partial charge is 0.496 e. The van der Waals surface area contributed by atoms with E-state index in [0.29, 0.717) is 28.1 Å². The fourth-order valence-electron chi connectivity index (χ4n) is 3.44. The lowest BCUT2D eigenvalue weighted by Crippen LogP contribution is -2.30. The van der Waals surface area contributed by atoms with Gasteiger partial charge in [0.2, 0.25) is 0 Å². The summed E-state index contributed by atoms with van der Waals surface area (Å²) in [5.74, 6) is -0.527. The number of anilines is 1. The highest BCUT2D eigenvalue weighted by molar-refractivity contribution is 7.10. The zero-order valence-corrected chi connectivity index (χ0v) is 20.8. The molecule has 6 nitrogen and oxygen atoms in total. The van der Waals surface area contributed by atoms with Crippen LogP contribution in [0.4, 0.5) is 5.69 Å². The molecule has 2 amide bonds. The lowest BCUT2D eigenvalue weighted by atomic mass is 10.1. The van der Waals surface area contributed by atoms with E-state index in [0.717, 1.165) is 4.88 Å². The van der Waals surface area contributed by atoms with Gasteiger partial charge in [0, 0.05) is 27.3 Å². The lowest BCUT2D eigenvalue weighted by molar-refractivity contribution is -0.113. The molecule has 7 heteroatoms. The predicted molar refractivity (Wildman–Crippen MR) is 148 cm³/mol. The molecule has 0 aliphatic heterocycles. The van der Waals surface area contributed by atoms with Crippen molar-refractivity contribution in [3.8, 4) is 5.75 Å². The SMILES string of the molecule is COc1ccccc1/C=C(\NC(=O)c1ccccc1)C(=O)Nc1ccc(C(=O)/C=C/c2cccs2)cc1. The van der Waals surface area contributed by atoms with E-state index in [-0.39, 0.29) is 11.5 Å². The van der Waals surface area contributed by atoms with E-state index in [1.165, 1.54) is 13.2 Å². The number of carbonyl (C=O) groups excluding carboxylic acids is 3. The van der Waals surface area contributed by atoms with E-state index in [2.05, 4.69) is 10.6 Å². The van der Waals surface area contributed by atoms with Crippen LogP contribution in [0.2, 0.25) is 0 Å². The summed E-state index contributed by atoms with van der Waals surface area (Å²) in [6.07, 6.45) is 4.85. The average Bonchev–Trinajstić information content (AvgIpc) is 3.46. The van der Waals surface area contributed by atoms with Gasteiger partial charge in [0.05, 0.1) is 7.11 Å². The fraction of sp³-hybridized carbons (Fsp3) is 0.0333. The number of hydrogen-bond acceptors (Lipinski definition) is 5. The molecular weight excluding hydrogens is 484 g/mol. The van der Waals surface area contributed by atoms with Crippen LogP contribution >= 0.6 is 11.3 Å². The van der Waals surface area contributed by atoms with Crippen LogP contribution in [0.5, 0.6) is 5.75 Å². The third-order valence-corrected chi connectivity index (χ3v) is 6.17. The molecular formula is C30H24N2O4S. The third-order valence-electron chi connectivity index (χ3n) is 5.34. The number of thiophene rings is 1. The molecule has 0 bridgehead atoms. The maximum Gasteiger partial charge on any atom is 0.272 e. The summed E-state index contributed by atoms with van der Waals surface area (Å²) in [5.41, 5.74) is 2.05. The number of benzene rings is 3. The highest BCUT2D eigenvalue weighted by Crippen LogP contribution is 2.21. The minimum absolute atomic E-state index is 0.0392. The Morgan fingerprint density at radius 1 is 0.811 bits per heavy atom. The van der Waals surface area contributed by atoms with Crippen molar-refractivity contribution in [1.82, 2.24) is 5.32 Å². The second-order valence-corrected chi connectivity index (χ2v) is 8.84. The number of amides is 2. The minimum atomic E-state index is -0.521. The van der Waals surface area contributed by atoms with Crippen molar-refractivity contribution in [1.29, 1.82) is 0 Å². The molecule has 0 radical (unpaired) electrons. The number of ketones is 1. The molecule has 0 saturated heterocycles. The van der Waals surface area contributed by atoms with E-state index < -0.39 is 11.8 Å². The van der Waals surface area contributed by atoms with Crippen LogP contribution in [0.15, 0.2) is 108 Å². The first-order valence-electron chi connectivity index (χ1n) is 11.4. The summed E-state index contributed by atoms with van der Waals surface area (Å²) in [7, 11) is 1.54. The number of carbonyl (C=O) groups is 3. The smallest absolute Gasteiger partial charge is 0.272 e. The first-order valence-corrected chi connectivity index (χ1v) is 12.3. The number of methoxy groups -OCH3 is 1. The van der Waals surface area contributed by atoms with Gasteiger partial charge in [-0.1, -0.05) is 42.5 Å². The topological polar surface area (TPSA) is 84.5 Å². The van der Waals surface area contributed by atoms with Gasteiger partial charge in [-0.25, -0.2) is 0 Å². The molecule has 4 rings (SSSR count). The van der Waals surface area contributed by atoms with Gasteiger partial charge in [0.1, 0.15) is 11.4 Å². The second-order valence-electron chi connectivity index (χ2n) is 7.86. The number of nitrogens with one attached hydrogen (secondary N) is 2. The molecule has 3 aromatic carbocycles. The lowest BCUT2D eigenvalue weighted by Gasteiger charge is -2.12. The molecule has 0 spiro atoms. The van der Waals surface area contributed by atoms with Gasteiger partial charge in [0.25, 0.3) is 11.8 Å². The van der Waals surface area contributed by atoms with Crippen LogP contribution in [0.3, 0.4) is 0 Å². The average molecular weight is 509 g/mol. The molecule has 2 N–H and O–H groups in total. The molecule has 0 aliphatic carbocycles. The van der Waals surface area contributed by atoms with Crippen molar-refractivity contribution < 1.29 is 19.1 Å². The zero-order valence-electron chi connectivity index (χ0n) is 20.0. The maximum absolute atomic E-state index is 13.2. The number of allylic oxidation sites excluding steroid dienone is 1. The van der Waals surface area contributed by atoms with Crippen molar-refractivity contribution in [2.24, 2.45) is 0 Å². The second kappa shape index (κ2) is 12.3. The molecule has 37 heavy (non-hydrogen) atoms. The number of rotatable bonds is 9.